The van der Waals surface area contributed by atoms with Crippen LogP contribution in [0.3, 0.4) is 0 Å². The van der Waals surface area contributed by atoms with Crippen LogP contribution in [0, 0.1) is 11.6 Å². The van der Waals surface area contributed by atoms with Gasteiger partial charge in [0, 0.05) is 5.69 Å². The number of sulfonamides is 1. The van der Waals surface area contributed by atoms with Crippen LogP contribution in [0.1, 0.15) is 0 Å². The van der Waals surface area contributed by atoms with Gasteiger partial charge >= 0.3 is 0 Å². The second kappa shape index (κ2) is 4.85. The van der Waals surface area contributed by atoms with Crippen LogP contribution >= 0.6 is 0 Å². The second-order valence-corrected chi connectivity index (χ2v) is 5.52. The summed E-state index contributed by atoms with van der Waals surface area (Å²) in [6.45, 7) is 0. The van der Waals surface area contributed by atoms with Gasteiger partial charge in [0.1, 0.15) is 11.6 Å². The Balaban J connectivity index is 2.33. The summed E-state index contributed by atoms with van der Waals surface area (Å²) in [4.78, 5) is -0.128. The summed E-state index contributed by atoms with van der Waals surface area (Å²) in [5.41, 5.74) is 5.51. The van der Waals surface area contributed by atoms with E-state index in [-0.39, 0.29) is 16.3 Å². The molecule has 0 bridgehead atoms. The predicted octanol–water partition coefficient (Wildman–Crippen LogP) is 2.35. The summed E-state index contributed by atoms with van der Waals surface area (Å²) in [5.74, 6) is -1.20. The fourth-order valence-electron chi connectivity index (χ4n) is 1.50. The van der Waals surface area contributed by atoms with E-state index in [4.69, 9.17) is 5.73 Å². The molecule has 0 atom stereocenters. The Bertz CT molecular complexity index is 680. The molecule has 0 aromatic heterocycles. The number of anilines is 2. The minimum atomic E-state index is -3.90. The summed E-state index contributed by atoms with van der Waals surface area (Å²) in [5, 5.41) is 0. The average molecular weight is 284 g/mol. The molecule has 0 saturated carbocycles. The Morgan fingerprint density at radius 2 is 1.58 bits per heavy atom. The van der Waals surface area contributed by atoms with E-state index >= 15 is 0 Å². The Morgan fingerprint density at radius 3 is 2.16 bits per heavy atom. The number of rotatable bonds is 3. The van der Waals surface area contributed by atoms with Crippen LogP contribution in [0.4, 0.5) is 20.2 Å². The molecule has 2 aromatic rings. The number of nitrogens with one attached hydrogen (secondary N) is 1. The van der Waals surface area contributed by atoms with E-state index in [1.165, 1.54) is 6.07 Å². The molecule has 2 aromatic carbocycles. The molecule has 0 aliphatic carbocycles. The fraction of sp³-hybridized carbons (Fsp3) is 0. The SMILES string of the molecule is Nc1cc(F)cc(NS(=O)(=O)c2ccc(F)cc2)c1. The third-order valence-corrected chi connectivity index (χ3v) is 3.69. The Morgan fingerprint density at radius 1 is 0.947 bits per heavy atom. The van der Waals surface area contributed by atoms with Gasteiger partial charge in [-0.2, -0.15) is 0 Å². The second-order valence-electron chi connectivity index (χ2n) is 3.83. The van der Waals surface area contributed by atoms with E-state index in [1.807, 2.05) is 0 Å². The zero-order valence-electron chi connectivity index (χ0n) is 9.60. The fourth-order valence-corrected chi connectivity index (χ4v) is 2.54. The Hall–Kier alpha value is -2.15. The minimum absolute atomic E-state index is 0.00169. The highest BCUT2D eigenvalue weighted by Gasteiger charge is 2.14. The molecule has 0 radical (unpaired) electrons. The maximum atomic E-state index is 13.1. The summed E-state index contributed by atoms with van der Waals surface area (Å²) in [6.07, 6.45) is 0. The number of nitrogen functional groups attached to an aromatic ring is 1. The Kier molecular flexibility index (Phi) is 3.39. The highest BCUT2D eigenvalue weighted by Crippen LogP contribution is 2.20. The quantitative estimate of drug-likeness (QED) is 0.850. The molecule has 2 rings (SSSR count). The van der Waals surface area contributed by atoms with E-state index in [9.17, 15) is 17.2 Å². The van der Waals surface area contributed by atoms with Crippen molar-refractivity contribution in [1.29, 1.82) is 0 Å². The van der Waals surface area contributed by atoms with Crippen molar-refractivity contribution in [3.8, 4) is 0 Å². The van der Waals surface area contributed by atoms with E-state index in [1.54, 1.807) is 0 Å². The van der Waals surface area contributed by atoms with Gasteiger partial charge in [-0.1, -0.05) is 0 Å². The molecule has 0 spiro atoms. The zero-order chi connectivity index (χ0) is 14.0. The van der Waals surface area contributed by atoms with Gasteiger partial charge in [0.05, 0.1) is 10.6 Å². The first-order valence-electron chi connectivity index (χ1n) is 5.21. The number of benzene rings is 2. The molecule has 7 heteroatoms. The van der Waals surface area contributed by atoms with Crippen LogP contribution in [-0.2, 0) is 10.0 Å². The average Bonchev–Trinajstić information content (AvgIpc) is 2.27. The van der Waals surface area contributed by atoms with Gasteiger partial charge in [0.2, 0.25) is 0 Å². The van der Waals surface area contributed by atoms with Gasteiger partial charge in [-0.15, -0.1) is 0 Å². The lowest BCUT2D eigenvalue weighted by Gasteiger charge is -2.08. The molecule has 0 amide bonds. The molecule has 0 aliphatic rings. The first kappa shape index (κ1) is 13.3. The van der Waals surface area contributed by atoms with Crippen LogP contribution in [0.25, 0.3) is 0 Å². The van der Waals surface area contributed by atoms with Crippen molar-refractivity contribution >= 4 is 21.4 Å². The summed E-state index contributed by atoms with van der Waals surface area (Å²) in [6, 6.07) is 7.61. The summed E-state index contributed by atoms with van der Waals surface area (Å²) >= 11 is 0. The lowest BCUT2D eigenvalue weighted by atomic mass is 10.3. The van der Waals surface area contributed by atoms with Crippen LogP contribution in [0.5, 0.6) is 0 Å². The van der Waals surface area contributed by atoms with Gasteiger partial charge in [0.25, 0.3) is 10.0 Å². The van der Waals surface area contributed by atoms with Crippen molar-refractivity contribution in [1.82, 2.24) is 0 Å². The van der Waals surface area contributed by atoms with E-state index in [0.717, 1.165) is 36.4 Å². The molecule has 0 heterocycles. The van der Waals surface area contributed by atoms with Crippen molar-refractivity contribution in [2.45, 2.75) is 4.90 Å². The van der Waals surface area contributed by atoms with E-state index in [2.05, 4.69) is 4.72 Å². The highest BCUT2D eigenvalue weighted by atomic mass is 32.2. The lowest BCUT2D eigenvalue weighted by molar-refractivity contribution is 0.599. The Labute approximate surface area is 108 Å². The van der Waals surface area contributed by atoms with Crippen LogP contribution in [0.15, 0.2) is 47.4 Å². The molecule has 4 nitrogen and oxygen atoms in total. The zero-order valence-corrected chi connectivity index (χ0v) is 10.4. The number of hydrogen-bond donors (Lipinski definition) is 2. The molecule has 0 aliphatic heterocycles. The van der Waals surface area contributed by atoms with Gasteiger partial charge < -0.3 is 5.73 Å². The number of nitrogens with two attached hydrogens (primary N) is 1. The third-order valence-electron chi connectivity index (χ3n) is 2.30. The molecule has 3 N–H and O–H groups in total. The van der Waals surface area contributed by atoms with Crippen LogP contribution < -0.4 is 10.5 Å². The van der Waals surface area contributed by atoms with Crippen molar-refractivity contribution in [3.63, 3.8) is 0 Å². The largest absolute Gasteiger partial charge is 0.399 e. The van der Waals surface area contributed by atoms with Crippen LogP contribution in [0.2, 0.25) is 0 Å². The van der Waals surface area contributed by atoms with Gasteiger partial charge in [0.15, 0.2) is 0 Å². The smallest absolute Gasteiger partial charge is 0.261 e. The number of halogens is 2. The predicted molar refractivity (Wildman–Crippen MR) is 68.0 cm³/mol. The summed E-state index contributed by atoms with van der Waals surface area (Å²) < 4.78 is 51.9. The van der Waals surface area contributed by atoms with E-state index < -0.39 is 21.7 Å². The summed E-state index contributed by atoms with van der Waals surface area (Å²) in [7, 11) is -3.90. The first-order chi connectivity index (χ1) is 8.87. The molecule has 0 fully saturated rings. The molecule has 100 valence electrons. The molecule has 19 heavy (non-hydrogen) atoms. The minimum Gasteiger partial charge on any atom is -0.399 e. The third kappa shape index (κ3) is 3.19. The van der Waals surface area contributed by atoms with Crippen molar-refractivity contribution in [2.24, 2.45) is 0 Å². The molecular weight excluding hydrogens is 274 g/mol. The van der Waals surface area contributed by atoms with Gasteiger partial charge in [-0.05, 0) is 42.5 Å². The topological polar surface area (TPSA) is 72.2 Å². The number of hydrogen-bond acceptors (Lipinski definition) is 3. The maximum absolute atomic E-state index is 13.1. The monoisotopic (exact) mass is 284 g/mol. The maximum Gasteiger partial charge on any atom is 0.261 e. The van der Waals surface area contributed by atoms with Crippen LogP contribution in [-0.4, -0.2) is 8.42 Å². The highest BCUT2D eigenvalue weighted by molar-refractivity contribution is 7.92. The first-order valence-corrected chi connectivity index (χ1v) is 6.69. The normalized spacial score (nSPS) is 11.3. The van der Waals surface area contributed by atoms with Crippen molar-refractivity contribution < 1.29 is 17.2 Å². The van der Waals surface area contributed by atoms with E-state index in [0.29, 0.717) is 0 Å². The molecule has 0 unspecified atom stereocenters. The van der Waals surface area contributed by atoms with Gasteiger partial charge in [-0.25, -0.2) is 17.2 Å². The molecule has 0 saturated heterocycles. The van der Waals surface area contributed by atoms with Gasteiger partial charge in [-0.3, -0.25) is 4.72 Å². The lowest BCUT2D eigenvalue weighted by Crippen LogP contribution is -2.13. The standard InChI is InChI=1S/C12H10F2N2O2S/c13-8-1-3-12(4-2-8)19(17,18)16-11-6-9(14)5-10(15)7-11/h1-7,16H,15H2. The van der Waals surface area contributed by atoms with Crippen molar-refractivity contribution in [3.05, 3.63) is 54.1 Å². The molecular formula is C12H10F2N2O2S. The van der Waals surface area contributed by atoms with Crippen molar-refractivity contribution in [2.75, 3.05) is 10.5 Å².